The maximum atomic E-state index is 7.30. The Balaban J connectivity index is 0.881. The molecule has 0 fully saturated rings. The third-order valence-corrected chi connectivity index (χ3v) is 24.3. The molecule has 0 amide bonds. The maximum Gasteiger partial charge on any atom is 0.159 e. The van der Waals surface area contributed by atoms with E-state index in [0.29, 0.717) is 0 Å². The van der Waals surface area contributed by atoms with E-state index in [1.165, 1.54) is 109 Å². The Hall–Kier alpha value is -13.8. The summed E-state index contributed by atoms with van der Waals surface area (Å²) in [4.78, 5) is 5.14. The van der Waals surface area contributed by atoms with Crippen molar-refractivity contribution in [2.75, 3.05) is 9.80 Å². The maximum absolute atomic E-state index is 7.30. The van der Waals surface area contributed by atoms with Gasteiger partial charge in [0.15, 0.2) is 11.2 Å². The van der Waals surface area contributed by atoms with Gasteiger partial charge in [-0.05, 0) is 169 Å². The molecule has 0 spiro atoms. The summed E-state index contributed by atoms with van der Waals surface area (Å²) in [5, 5.41) is 23.4. The van der Waals surface area contributed by atoms with Gasteiger partial charge in [-0.25, -0.2) is 0 Å². The van der Waals surface area contributed by atoms with Crippen LogP contribution in [0.2, 0.25) is 0 Å². The Bertz CT molecular complexity index is 7020. The highest BCUT2D eigenvalue weighted by Gasteiger charge is 2.65. The summed E-state index contributed by atoms with van der Waals surface area (Å²) < 4.78 is 14.6. The highest BCUT2D eigenvalue weighted by atomic mass is 16.3. The fourth-order valence-electron chi connectivity index (χ4n) is 20.3. The van der Waals surface area contributed by atoms with Gasteiger partial charge in [0, 0.05) is 43.1 Å². The molecule has 490 valence electrons. The van der Waals surface area contributed by atoms with Gasteiger partial charge in [-0.3, -0.25) is 0 Å². The van der Waals surface area contributed by atoms with E-state index in [-0.39, 0.29) is 0 Å². The highest BCUT2D eigenvalue weighted by molar-refractivity contribution is 6.29. The van der Waals surface area contributed by atoms with Gasteiger partial charge in [-0.15, -0.1) is 0 Å². The molecule has 0 bridgehead atoms. The molecule has 0 saturated heterocycles. The molecule has 2 aliphatic carbocycles. The molecule has 2 unspecified atom stereocenters. The van der Waals surface area contributed by atoms with E-state index in [1.807, 2.05) is 0 Å². The minimum atomic E-state index is -1.06. The van der Waals surface area contributed by atoms with Crippen LogP contribution in [-0.4, -0.2) is 0 Å². The van der Waals surface area contributed by atoms with Crippen molar-refractivity contribution in [2.24, 2.45) is 0 Å². The van der Waals surface area contributed by atoms with Crippen LogP contribution in [0.5, 0.6) is 0 Å². The summed E-state index contributed by atoms with van der Waals surface area (Å²) in [6, 6.07) is 138. The molecule has 2 aromatic heterocycles. The van der Waals surface area contributed by atoms with Crippen molar-refractivity contribution in [3.05, 3.63) is 397 Å². The monoisotopic (exact) mass is 1340 g/mol. The summed E-state index contributed by atoms with van der Waals surface area (Å²) in [5.74, 6) is 0. The summed E-state index contributed by atoms with van der Waals surface area (Å²) in [6.07, 6.45) is 0. The first kappa shape index (κ1) is 57.8. The Morgan fingerprint density at radius 3 is 0.962 bits per heavy atom. The number of benzene rings is 20. The molecular weight excluding hydrogens is 1290 g/mol. The van der Waals surface area contributed by atoms with E-state index in [1.54, 1.807) is 0 Å². The minimum Gasteiger partial charge on any atom is -0.454 e. The van der Waals surface area contributed by atoms with Crippen molar-refractivity contribution in [3.8, 4) is 22.3 Å². The number of hydrogen-bond acceptors (Lipinski definition) is 4. The van der Waals surface area contributed by atoms with Gasteiger partial charge in [-0.2, -0.15) is 0 Å². The standard InChI is InChI=1S/C102H60N2O2/c1-3-27-67(28-4-1)101(81-41-15-11-37-77(81)97-73-35-9-7-31-69(73)89(59-83(97)101)103(87-43-21-39-75-71-33-13-17-45-91(71)105-99(75)87)85-57-53-65-49-47-61-23-19-25-63-51-55-79(85)95(65)93(61)63)102(68-29-5-2-6-30-68)82-42-16-12-38-78(82)98-74-36-10-8-32-70(74)90(60-84(98)102)104(88-44-22-40-76-72-34-14-18-46-92(72)106-100(76)88)86-58-54-66-50-48-62-24-20-26-64-52-56-80(86)96(66)94(62)64/h1-60H. The summed E-state index contributed by atoms with van der Waals surface area (Å²) in [5.41, 5.74) is 19.3. The topological polar surface area (TPSA) is 32.8 Å². The lowest BCUT2D eigenvalue weighted by Crippen LogP contribution is -2.50. The van der Waals surface area contributed by atoms with Crippen LogP contribution in [0.25, 0.3) is 152 Å². The lowest BCUT2D eigenvalue weighted by Gasteiger charge is -2.51. The first-order valence-corrected chi connectivity index (χ1v) is 36.8. The van der Waals surface area contributed by atoms with Crippen LogP contribution < -0.4 is 9.80 Å². The van der Waals surface area contributed by atoms with Crippen LogP contribution in [-0.2, 0) is 10.8 Å². The molecule has 2 aliphatic rings. The third-order valence-electron chi connectivity index (χ3n) is 24.3. The number of anilines is 6. The van der Waals surface area contributed by atoms with E-state index in [4.69, 9.17) is 8.83 Å². The second kappa shape index (κ2) is 21.4. The van der Waals surface area contributed by atoms with Gasteiger partial charge >= 0.3 is 0 Å². The average molecular weight is 1350 g/mol. The molecular formula is C102H60N2O2. The second-order valence-electron chi connectivity index (χ2n) is 29.1. The zero-order valence-electron chi connectivity index (χ0n) is 57.4. The number of furan rings is 2. The molecule has 0 saturated carbocycles. The molecule has 20 aromatic carbocycles. The van der Waals surface area contributed by atoms with Gasteiger partial charge in [0.05, 0.1) is 45.0 Å². The van der Waals surface area contributed by atoms with Gasteiger partial charge in [-0.1, -0.05) is 315 Å². The van der Waals surface area contributed by atoms with Crippen molar-refractivity contribution in [1.82, 2.24) is 0 Å². The van der Waals surface area contributed by atoms with Gasteiger partial charge in [0.25, 0.3) is 0 Å². The SMILES string of the molecule is c1ccc(C2(C3(c4ccccc4)c4ccccc4-c4c3cc(N(c3ccc5ccc6cccc7ccc3c5c67)c3cccc5c3oc3ccccc35)c3ccccc43)c3ccccc3-c3c2cc(N(c2ccc4ccc5cccc6ccc2c4c56)c2cccc4c2oc2ccccc24)c2ccccc32)cc1. The molecule has 0 radical (unpaired) electrons. The predicted molar refractivity (Wildman–Crippen MR) is 443 cm³/mol. The van der Waals surface area contributed by atoms with Crippen LogP contribution >= 0.6 is 0 Å². The zero-order chi connectivity index (χ0) is 69.1. The van der Waals surface area contributed by atoms with Crippen molar-refractivity contribution in [2.45, 2.75) is 10.8 Å². The fourth-order valence-corrected chi connectivity index (χ4v) is 20.3. The summed E-state index contributed by atoms with van der Waals surface area (Å²) in [6.45, 7) is 0. The van der Waals surface area contributed by atoms with Crippen LogP contribution in [0.1, 0.15) is 33.4 Å². The van der Waals surface area contributed by atoms with Crippen LogP contribution in [0.15, 0.2) is 373 Å². The van der Waals surface area contributed by atoms with E-state index in [2.05, 4.69) is 374 Å². The number of hydrogen-bond donors (Lipinski definition) is 0. The van der Waals surface area contributed by atoms with Crippen molar-refractivity contribution >= 4 is 164 Å². The van der Waals surface area contributed by atoms with Crippen LogP contribution in [0, 0.1) is 0 Å². The molecule has 106 heavy (non-hydrogen) atoms. The van der Waals surface area contributed by atoms with Crippen molar-refractivity contribution in [1.29, 1.82) is 0 Å². The Morgan fingerprint density at radius 2 is 0.528 bits per heavy atom. The van der Waals surface area contributed by atoms with E-state index in [9.17, 15) is 0 Å². The van der Waals surface area contributed by atoms with E-state index >= 15 is 0 Å². The summed E-state index contributed by atoms with van der Waals surface area (Å²) in [7, 11) is 0. The fraction of sp³-hybridized carbons (Fsp3) is 0.0196. The normalized spacial score (nSPS) is 15.4. The van der Waals surface area contributed by atoms with Crippen LogP contribution in [0.4, 0.5) is 34.1 Å². The van der Waals surface area contributed by atoms with Crippen molar-refractivity contribution < 1.29 is 8.83 Å². The van der Waals surface area contributed by atoms with Gasteiger partial charge in [0.2, 0.25) is 0 Å². The number of para-hydroxylation sites is 4. The minimum absolute atomic E-state index is 0.822. The third kappa shape index (κ3) is 7.41. The largest absolute Gasteiger partial charge is 0.454 e. The average Bonchev–Trinajstić information content (AvgIpc) is 1.46. The zero-order valence-corrected chi connectivity index (χ0v) is 57.4. The van der Waals surface area contributed by atoms with Gasteiger partial charge < -0.3 is 18.6 Å². The summed E-state index contributed by atoms with van der Waals surface area (Å²) >= 11 is 0. The first-order chi connectivity index (χ1) is 52.6. The smallest absolute Gasteiger partial charge is 0.159 e. The second-order valence-corrected chi connectivity index (χ2v) is 29.1. The molecule has 4 heteroatoms. The number of rotatable bonds is 9. The quantitative estimate of drug-likeness (QED) is 0.135. The lowest BCUT2D eigenvalue weighted by molar-refractivity contribution is 0.438. The van der Waals surface area contributed by atoms with Crippen LogP contribution in [0.3, 0.4) is 0 Å². The molecule has 24 rings (SSSR count). The molecule has 2 heterocycles. The van der Waals surface area contributed by atoms with E-state index < -0.39 is 10.8 Å². The Kier molecular flexibility index (Phi) is 11.7. The molecule has 2 atom stereocenters. The van der Waals surface area contributed by atoms with E-state index in [0.717, 1.165) is 110 Å². The molecule has 0 aliphatic heterocycles. The van der Waals surface area contributed by atoms with Crippen molar-refractivity contribution in [3.63, 3.8) is 0 Å². The Morgan fingerprint density at radius 1 is 0.198 bits per heavy atom. The lowest BCUT2D eigenvalue weighted by atomic mass is 9.49. The number of nitrogens with zero attached hydrogens (tertiary/aromatic N) is 2. The molecule has 4 nitrogen and oxygen atoms in total. The first-order valence-electron chi connectivity index (χ1n) is 36.8. The Labute approximate surface area is 609 Å². The number of fused-ring (bicyclic) bond motifs is 16. The highest BCUT2D eigenvalue weighted by Crippen LogP contribution is 2.72. The molecule has 22 aromatic rings. The molecule has 0 N–H and O–H groups in total. The van der Waals surface area contributed by atoms with Gasteiger partial charge in [0.1, 0.15) is 11.2 Å². The predicted octanol–water partition coefficient (Wildman–Crippen LogP) is 27.9.